The molecule has 0 unspecified atom stereocenters. The molecule has 0 saturated heterocycles. The maximum absolute atomic E-state index is 12.6. The summed E-state index contributed by atoms with van der Waals surface area (Å²) in [4.78, 5) is 37.3. The summed E-state index contributed by atoms with van der Waals surface area (Å²) >= 11 is 5.59. The number of allylic oxidation sites excluding steroid dienone is 1. The topological polar surface area (TPSA) is 146 Å². The molecule has 14 heteroatoms. The highest BCUT2D eigenvalue weighted by molar-refractivity contribution is 14.1. The van der Waals surface area contributed by atoms with E-state index < -0.39 is 23.9 Å². The second-order valence-electron chi connectivity index (χ2n) is 9.73. The lowest BCUT2D eigenvalue weighted by atomic mass is 9.95. The zero-order valence-electron chi connectivity index (χ0n) is 25.4. The molecule has 4 rings (SSSR count). The summed E-state index contributed by atoms with van der Waals surface area (Å²) in [6.45, 7) is 3.53. The number of hydrogen-bond donors (Lipinski definition) is 3. The van der Waals surface area contributed by atoms with Gasteiger partial charge in [0.15, 0.2) is 29.6 Å². The van der Waals surface area contributed by atoms with E-state index in [2.05, 4.69) is 59.7 Å². The number of hydrazone groups is 1. The first-order valence-electron chi connectivity index (χ1n) is 14.0. The van der Waals surface area contributed by atoms with Crippen molar-refractivity contribution in [3.8, 4) is 23.0 Å². The Hall–Kier alpha value is -4.31. The van der Waals surface area contributed by atoms with Crippen LogP contribution in [0.1, 0.15) is 36.6 Å². The van der Waals surface area contributed by atoms with Gasteiger partial charge in [0.2, 0.25) is 0 Å². The van der Waals surface area contributed by atoms with E-state index in [0.717, 1.165) is 13.6 Å². The van der Waals surface area contributed by atoms with Crippen LogP contribution in [0.2, 0.25) is 0 Å². The van der Waals surface area contributed by atoms with Crippen LogP contribution in [0.3, 0.4) is 0 Å². The zero-order valence-corrected chi connectivity index (χ0v) is 29.2. The first-order valence-corrected chi connectivity index (χ1v) is 15.8. The van der Waals surface area contributed by atoms with Crippen molar-refractivity contribution < 1.29 is 38.1 Å². The standard InChI is InChI=1S/C32H32BrIN4O8/c1-5-44-31(40)28-18(2)36-32(41)37-29(28)21-8-11-24(25(14-21)42-3)45-17-27(39)38-35-15-20-12-23(34)30(26(13-20)43-4)46-16-19-6-9-22(33)10-7-19/h6-15,29H,5,16-17H2,1-4H3,(H,38,39)(H2,36,37,41)/b35-15-/t29-/m1/s1. The number of rotatable bonds is 13. The second kappa shape index (κ2) is 16.3. The smallest absolute Gasteiger partial charge is 0.338 e. The van der Waals surface area contributed by atoms with E-state index in [9.17, 15) is 14.4 Å². The first-order chi connectivity index (χ1) is 22.1. The van der Waals surface area contributed by atoms with E-state index in [1.54, 1.807) is 45.2 Å². The van der Waals surface area contributed by atoms with Crippen LogP contribution in [0.15, 0.2) is 75.4 Å². The minimum atomic E-state index is -0.776. The van der Waals surface area contributed by atoms with Crippen LogP contribution in [0, 0.1) is 3.57 Å². The summed E-state index contributed by atoms with van der Waals surface area (Å²) in [7, 11) is 3.00. The molecule has 46 heavy (non-hydrogen) atoms. The van der Waals surface area contributed by atoms with Crippen molar-refractivity contribution in [3.63, 3.8) is 0 Å². The van der Waals surface area contributed by atoms with Gasteiger partial charge >= 0.3 is 12.0 Å². The van der Waals surface area contributed by atoms with Gasteiger partial charge in [-0.3, -0.25) is 4.79 Å². The van der Waals surface area contributed by atoms with Crippen molar-refractivity contribution in [3.05, 3.63) is 90.6 Å². The Morgan fingerprint density at radius 3 is 2.46 bits per heavy atom. The third-order valence-corrected chi connectivity index (χ3v) is 7.93. The number of esters is 1. The number of ether oxygens (including phenoxy) is 5. The van der Waals surface area contributed by atoms with Gasteiger partial charge < -0.3 is 34.3 Å². The predicted molar refractivity (Wildman–Crippen MR) is 182 cm³/mol. The molecule has 0 aromatic heterocycles. The summed E-state index contributed by atoms with van der Waals surface area (Å²) in [5.74, 6) is 0.648. The molecule has 3 aromatic carbocycles. The lowest BCUT2D eigenvalue weighted by Gasteiger charge is -2.28. The fourth-order valence-corrected chi connectivity index (χ4v) is 5.50. The van der Waals surface area contributed by atoms with Gasteiger partial charge in [-0.05, 0) is 89.5 Å². The Kier molecular flexibility index (Phi) is 12.3. The molecule has 242 valence electrons. The Morgan fingerprint density at radius 1 is 1.02 bits per heavy atom. The van der Waals surface area contributed by atoms with Crippen LogP contribution < -0.4 is 35.0 Å². The molecule has 0 saturated carbocycles. The third kappa shape index (κ3) is 8.90. The lowest BCUT2D eigenvalue weighted by Crippen LogP contribution is -2.45. The monoisotopic (exact) mass is 806 g/mol. The highest BCUT2D eigenvalue weighted by Gasteiger charge is 2.32. The van der Waals surface area contributed by atoms with Crippen LogP contribution in [0.25, 0.3) is 0 Å². The van der Waals surface area contributed by atoms with Crippen LogP contribution in [0.4, 0.5) is 4.79 Å². The van der Waals surface area contributed by atoms with E-state index in [0.29, 0.717) is 40.7 Å². The van der Waals surface area contributed by atoms with E-state index in [-0.39, 0.29) is 24.5 Å². The minimum absolute atomic E-state index is 0.182. The molecule has 12 nitrogen and oxygen atoms in total. The van der Waals surface area contributed by atoms with Crippen molar-refractivity contribution in [2.75, 3.05) is 27.4 Å². The van der Waals surface area contributed by atoms with E-state index in [1.807, 2.05) is 30.3 Å². The van der Waals surface area contributed by atoms with Crippen molar-refractivity contribution >= 4 is 62.6 Å². The number of carbonyl (C=O) groups excluding carboxylic acids is 3. The number of methoxy groups -OCH3 is 2. The van der Waals surface area contributed by atoms with E-state index in [1.165, 1.54) is 13.3 Å². The lowest BCUT2D eigenvalue weighted by molar-refractivity contribution is -0.139. The Morgan fingerprint density at radius 2 is 1.76 bits per heavy atom. The van der Waals surface area contributed by atoms with Crippen molar-refractivity contribution in [1.82, 2.24) is 16.1 Å². The number of hydrogen-bond acceptors (Lipinski definition) is 9. The molecule has 1 aliphatic rings. The van der Waals surface area contributed by atoms with Crippen molar-refractivity contribution in [1.29, 1.82) is 0 Å². The molecular weight excluding hydrogens is 775 g/mol. The van der Waals surface area contributed by atoms with Gasteiger partial charge in [-0.25, -0.2) is 15.0 Å². The van der Waals surface area contributed by atoms with Gasteiger partial charge in [-0.1, -0.05) is 34.1 Å². The van der Waals surface area contributed by atoms with E-state index >= 15 is 0 Å². The molecular formula is C32H32BrIN4O8. The number of amides is 3. The summed E-state index contributed by atoms with van der Waals surface area (Å²) in [5, 5.41) is 9.37. The molecule has 0 spiro atoms. The molecule has 0 fully saturated rings. The highest BCUT2D eigenvalue weighted by atomic mass is 127. The average Bonchev–Trinajstić information content (AvgIpc) is 3.03. The van der Waals surface area contributed by atoms with Gasteiger partial charge in [0.25, 0.3) is 5.91 Å². The minimum Gasteiger partial charge on any atom is -0.493 e. The largest absolute Gasteiger partial charge is 0.493 e. The number of benzene rings is 3. The van der Waals surface area contributed by atoms with Gasteiger partial charge in [0, 0.05) is 10.2 Å². The third-order valence-electron chi connectivity index (χ3n) is 6.60. The van der Waals surface area contributed by atoms with Crippen LogP contribution in [-0.4, -0.2) is 51.6 Å². The van der Waals surface area contributed by atoms with Crippen LogP contribution >= 0.6 is 38.5 Å². The van der Waals surface area contributed by atoms with Gasteiger partial charge in [0.1, 0.15) is 6.61 Å². The second-order valence-corrected chi connectivity index (χ2v) is 11.8. The molecule has 1 aliphatic heterocycles. The van der Waals surface area contributed by atoms with Crippen molar-refractivity contribution in [2.45, 2.75) is 26.5 Å². The molecule has 0 radical (unpaired) electrons. The van der Waals surface area contributed by atoms with Crippen molar-refractivity contribution in [2.24, 2.45) is 5.10 Å². The number of carbonyl (C=O) groups is 3. The Bertz CT molecular complexity index is 1660. The summed E-state index contributed by atoms with van der Waals surface area (Å²) < 4.78 is 29.7. The number of urea groups is 1. The molecule has 3 amide bonds. The van der Waals surface area contributed by atoms with Crippen LogP contribution in [-0.2, 0) is 20.9 Å². The fraction of sp³-hybridized carbons (Fsp3) is 0.250. The highest BCUT2D eigenvalue weighted by Crippen LogP contribution is 2.35. The van der Waals surface area contributed by atoms with E-state index in [4.69, 9.17) is 23.7 Å². The first kappa shape index (κ1) is 34.6. The van der Waals surface area contributed by atoms with Gasteiger partial charge in [0.05, 0.1) is 42.2 Å². The van der Waals surface area contributed by atoms with Gasteiger partial charge in [-0.15, -0.1) is 0 Å². The summed E-state index contributed by atoms with van der Waals surface area (Å²) in [6, 6.07) is 15.1. The number of nitrogens with one attached hydrogen (secondary N) is 3. The maximum atomic E-state index is 12.6. The Balaban J connectivity index is 1.37. The molecule has 0 aliphatic carbocycles. The predicted octanol–water partition coefficient (Wildman–Crippen LogP) is 5.37. The molecule has 3 N–H and O–H groups in total. The SMILES string of the molecule is CCOC(=O)C1=C(C)NC(=O)N[C@@H]1c1ccc(OCC(=O)N/N=C\c2cc(I)c(OCc3ccc(Br)cc3)c(OC)c2)c(OC)c1. The molecule has 0 bridgehead atoms. The number of nitrogens with zero attached hydrogens (tertiary/aromatic N) is 1. The molecule has 1 atom stereocenters. The fourth-order valence-electron chi connectivity index (χ4n) is 4.45. The molecule has 3 aromatic rings. The normalized spacial score (nSPS) is 14.3. The molecule has 1 heterocycles. The maximum Gasteiger partial charge on any atom is 0.338 e. The summed E-state index contributed by atoms with van der Waals surface area (Å²) in [5.41, 5.74) is 5.35. The summed E-state index contributed by atoms with van der Waals surface area (Å²) in [6.07, 6.45) is 1.49. The van der Waals surface area contributed by atoms with Crippen LogP contribution in [0.5, 0.6) is 23.0 Å². The average molecular weight is 807 g/mol. The van der Waals surface area contributed by atoms with Gasteiger partial charge in [-0.2, -0.15) is 5.10 Å². The zero-order chi connectivity index (χ0) is 33.2. The number of halogens is 2. The Labute approximate surface area is 288 Å². The quantitative estimate of drug-likeness (QED) is 0.0906.